The second-order valence-corrected chi connectivity index (χ2v) is 8.25. The van der Waals surface area contributed by atoms with Crippen molar-refractivity contribution >= 4 is 43.5 Å². The van der Waals surface area contributed by atoms with Gasteiger partial charge >= 0.3 is 0 Å². The number of benzene rings is 3. The largest absolute Gasteiger partial charge is 0.279 e. The highest BCUT2D eigenvalue weighted by atomic mass is 79.9. The van der Waals surface area contributed by atoms with E-state index in [9.17, 15) is 8.42 Å². The third-order valence-corrected chi connectivity index (χ3v) is 5.78. The smallest absolute Gasteiger partial charge is 0.261 e. The molecule has 0 radical (unpaired) electrons. The van der Waals surface area contributed by atoms with Crippen molar-refractivity contribution < 1.29 is 8.42 Å². The number of aryl methyl sites for hydroxylation is 1. The van der Waals surface area contributed by atoms with E-state index in [1.807, 2.05) is 43.3 Å². The Kier molecular flexibility index (Phi) is 5.54. The molecule has 0 aliphatic heterocycles. The molecule has 0 aromatic heterocycles. The van der Waals surface area contributed by atoms with Gasteiger partial charge in [-0.3, -0.25) is 9.71 Å². The van der Waals surface area contributed by atoms with E-state index in [0.717, 1.165) is 15.7 Å². The van der Waals surface area contributed by atoms with Gasteiger partial charge in [0.05, 0.1) is 16.3 Å². The van der Waals surface area contributed by atoms with Crippen LogP contribution in [0.2, 0.25) is 0 Å². The first-order chi connectivity index (χ1) is 12.5. The monoisotopic (exact) mass is 428 g/mol. The average Bonchev–Trinajstić information content (AvgIpc) is 2.62. The van der Waals surface area contributed by atoms with Crippen LogP contribution >= 0.6 is 15.9 Å². The predicted octanol–water partition coefficient (Wildman–Crippen LogP) is 5.31. The summed E-state index contributed by atoms with van der Waals surface area (Å²) in [5, 5.41) is 0. The van der Waals surface area contributed by atoms with Crippen LogP contribution in [0, 0.1) is 6.92 Å². The van der Waals surface area contributed by atoms with Crippen molar-refractivity contribution in [2.45, 2.75) is 11.8 Å². The Balaban J connectivity index is 1.90. The quantitative estimate of drug-likeness (QED) is 0.559. The topological polar surface area (TPSA) is 58.5 Å². The van der Waals surface area contributed by atoms with Crippen molar-refractivity contribution in [3.05, 3.63) is 88.4 Å². The van der Waals surface area contributed by atoms with Crippen molar-refractivity contribution in [3.63, 3.8) is 0 Å². The SMILES string of the molecule is Cc1ccc(S(=O)(=O)Nc2ccccc2C=Nc2ccccc2Br)cc1. The molecule has 0 saturated heterocycles. The first-order valence-electron chi connectivity index (χ1n) is 7.93. The summed E-state index contributed by atoms with van der Waals surface area (Å²) < 4.78 is 28.8. The standard InChI is InChI=1S/C20H17BrN2O2S/c1-15-10-12-17(13-11-15)26(24,25)23-19-8-4-2-6-16(19)14-22-20-9-5-3-7-18(20)21/h2-14,23H,1H3. The fourth-order valence-electron chi connectivity index (χ4n) is 2.32. The third-order valence-electron chi connectivity index (χ3n) is 3.73. The maximum Gasteiger partial charge on any atom is 0.261 e. The number of anilines is 1. The van der Waals surface area contributed by atoms with Crippen molar-refractivity contribution in [2.75, 3.05) is 4.72 Å². The van der Waals surface area contributed by atoms with E-state index < -0.39 is 10.0 Å². The van der Waals surface area contributed by atoms with Crippen LogP contribution in [0.15, 0.2) is 87.2 Å². The van der Waals surface area contributed by atoms with E-state index in [4.69, 9.17) is 0 Å². The van der Waals surface area contributed by atoms with Gasteiger partial charge in [0.25, 0.3) is 10.0 Å². The lowest BCUT2D eigenvalue weighted by Gasteiger charge is -2.10. The molecule has 0 aliphatic carbocycles. The van der Waals surface area contributed by atoms with Gasteiger partial charge in [-0.25, -0.2) is 8.42 Å². The molecule has 0 spiro atoms. The zero-order chi connectivity index (χ0) is 18.6. The van der Waals surface area contributed by atoms with E-state index in [1.54, 1.807) is 42.6 Å². The van der Waals surface area contributed by atoms with E-state index >= 15 is 0 Å². The van der Waals surface area contributed by atoms with Gasteiger partial charge in [0.15, 0.2) is 0 Å². The molecule has 1 N–H and O–H groups in total. The molecule has 0 fully saturated rings. The third kappa shape index (κ3) is 4.39. The molecule has 3 rings (SSSR count). The summed E-state index contributed by atoms with van der Waals surface area (Å²) in [6.07, 6.45) is 1.65. The number of hydrogen-bond acceptors (Lipinski definition) is 3. The van der Waals surface area contributed by atoms with Crippen LogP contribution in [-0.2, 0) is 10.0 Å². The number of halogens is 1. The summed E-state index contributed by atoms with van der Waals surface area (Å²) in [6.45, 7) is 1.91. The summed E-state index contributed by atoms with van der Waals surface area (Å²) in [7, 11) is -3.66. The molecule has 0 saturated carbocycles. The molecule has 3 aromatic carbocycles. The molecule has 0 heterocycles. The van der Waals surface area contributed by atoms with Crippen LogP contribution in [0.5, 0.6) is 0 Å². The molecule has 132 valence electrons. The lowest BCUT2D eigenvalue weighted by molar-refractivity contribution is 0.601. The van der Waals surface area contributed by atoms with Crippen LogP contribution in [0.1, 0.15) is 11.1 Å². The van der Waals surface area contributed by atoms with E-state index in [0.29, 0.717) is 11.3 Å². The minimum atomic E-state index is -3.66. The van der Waals surface area contributed by atoms with Crippen LogP contribution < -0.4 is 4.72 Å². The summed E-state index contributed by atoms with van der Waals surface area (Å²) in [6, 6.07) is 21.5. The highest BCUT2D eigenvalue weighted by Crippen LogP contribution is 2.25. The van der Waals surface area contributed by atoms with Gasteiger partial charge in [-0.05, 0) is 53.2 Å². The normalized spacial score (nSPS) is 11.6. The Hall–Kier alpha value is -2.44. The molecule has 26 heavy (non-hydrogen) atoms. The number of hydrogen-bond donors (Lipinski definition) is 1. The molecule has 4 nitrogen and oxygen atoms in total. The zero-order valence-electron chi connectivity index (χ0n) is 14.1. The van der Waals surface area contributed by atoms with Crippen molar-refractivity contribution in [1.29, 1.82) is 0 Å². The molecule has 6 heteroatoms. The van der Waals surface area contributed by atoms with Gasteiger partial charge in [-0.2, -0.15) is 0 Å². The van der Waals surface area contributed by atoms with Crippen molar-refractivity contribution in [2.24, 2.45) is 4.99 Å². The molecule has 0 bridgehead atoms. The maximum absolute atomic E-state index is 12.6. The first-order valence-corrected chi connectivity index (χ1v) is 10.2. The van der Waals surface area contributed by atoms with Gasteiger partial charge in [0, 0.05) is 16.3 Å². The van der Waals surface area contributed by atoms with Gasteiger partial charge in [0.1, 0.15) is 0 Å². The molecule has 0 atom stereocenters. The highest BCUT2D eigenvalue weighted by molar-refractivity contribution is 9.10. The van der Waals surface area contributed by atoms with Crippen LogP contribution in [0.25, 0.3) is 0 Å². The molecular formula is C20H17BrN2O2S. The van der Waals surface area contributed by atoms with Crippen LogP contribution in [0.4, 0.5) is 11.4 Å². The molecule has 0 unspecified atom stereocenters. The second kappa shape index (κ2) is 7.85. The Morgan fingerprint density at radius 1 is 0.923 bits per heavy atom. The number of aliphatic imine (C=N–C) groups is 1. The second-order valence-electron chi connectivity index (χ2n) is 5.72. The maximum atomic E-state index is 12.6. The zero-order valence-corrected chi connectivity index (χ0v) is 16.5. The Bertz CT molecular complexity index is 1050. The molecule has 0 aliphatic rings. The van der Waals surface area contributed by atoms with Crippen molar-refractivity contribution in [1.82, 2.24) is 0 Å². The molecule has 0 amide bonds. The lowest BCUT2D eigenvalue weighted by Crippen LogP contribution is -2.14. The number of nitrogens with one attached hydrogen (secondary N) is 1. The Labute approximate surface area is 161 Å². The number of para-hydroxylation sites is 2. The molecule has 3 aromatic rings. The predicted molar refractivity (Wildman–Crippen MR) is 110 cm³/mol. The van der Waals surface area contributed by atoms with Gasteiger partial charge < -0.3 is 0 Å². The highest BCUT2D eigenvalue weighted by Gasteiger charge is 2.15. The minimum Gasteiger partial charge on any atom is -0.279 e. The van der Waals surface area contributed by atoms with Crippen LogP contribution in [0.3, 0.4) is 0 Å². The lowest BCUT2D eigenvalue weighted by atomic mass is 10.2. The van der Waals surface area contributed by atoms with E-state index in [1.165, 1.54) is 0 Å². The summed E-state index contributed by atoms with van der Waals surface area (Å²) in [5.41, 5.74) is 2.93. The van der Waals surface area contributed by atoms with Gasteiger partial charge in [-0.15, -0.1) is 0 Å². The summed E-state index contributed by atoms with van der Waals surface area (Å²) in [5.74, 6) is 0. The summed E-state index contributed by atoms with van der Waals surface area (Å²) >= 11 is 3.45. The minimum absolute atomic E-state index is 0.223. The van der Waals surface area contributed by atoms with E-state index in [2.05, 4.69) is 25.6 Å². The number of sulfonamides is 1. The fraction of sp³-hybridized carbons (Fsp3) is 0.0500. The van der Waals surface area contributed by atoms with Crippen LogP contribution in [-0.4, -0.2) is 14.6 Å². The van der Waals surface area contributed by atoms with Gasteiger partial charge in [-0.1, -0.05) is 48.0 Å². The number of nitrogens with zero attached hydrogens (tertiary/aromatic N) is 1. The Morgan fingerprint density at radius 2 is 1.58 bits per heavy atom. The van der Waals surface area contributed by atoms with E-state index in [-0.39, 0.29) is 4.90 Å². The van der Waals surface area contributed by atoms with Crippen molar-refractivity contribution in [3.8, 4) is 0 Å². The first kappa shape index (κ1) is 18.4. The molecular weight excluding hydrogens is 412 g/mol. The number of rotatable bonds is 5. The summed E-state index contributed by atoms with van der Waals surface area (Å²) in [4.78, 5) is 4.67. The van der Waals surface area contributed by atoms with Gasteiger partial charge in [0.2, 0.25) is 0 Å². The fourth-order valence-corrected chi connectivity index (χ4v) is 3.79. The average molecular weight is 429 g/mol. The Morgan fingerprint density at radius 3 is 2.31 bits per heavy atom.